The highest BCUT2D eigenvalue weighted by atomic mass is 19.1. The smallest absolute Gasteiger partial charge is 0.123 e. The van der Waals surface area contributed by atoms with E-state index >= 15 is 0 Å². The summed E-state index contributed by atoms with van der Waals surface area (Å²) in [7, 11) is 0. The molecule has 0 aliphatic carbocycles. The lowest BCUT2D eigenvalue weighted by atomic mass is 10.1. The molecule has 0 radical (unpaired) electrons. The maximum Gasteiger partial charge on any atom is 0.123 e. The lowest BCUT2D eigenvalue weighted by Gasteiger charge is -2.24. The van der Waals surface area contributed by atoms with Gasteiger partial charge in [-0.05, 0) is 30.7 Å². The van der Waals surface area contributed by atoms with E-state index in [4.69, 9.17) is 5.11 Å². The van der Waals surface area contributed by atoms with E-state index in [0.717, 1.165) is 19.4 Å². The van der Waals surface area contributed by atoms with Gasteiger partial charge in [0.15, 0.2) is 0 Å². The molecule has 0 fully saturated rings. The van der Waals surface area contributed by atoms with Gasteiger partial charge in [0, 0.05) is 13.1 Å². The second-order valence-corrected chi connectivity index (χ2v) is 4.45. The van der Waals surface area contributed by atoms with Gasteiger partial charge in [0.2, 0.25) is 0 Å². The fourth-order valence-electron chi connectivity index (χ4n) is 1.85. The van der Waals surface area contributed by atoms with E-state index in [-0.39, 0.29) is 12.4 Å². The van der Waals surface area contributed by atoms with Crippen LogP contribution in [0.25, 0.3) is 0 Å². The van der Waals surface area contributed by atoms with Gasteiger partial charge in [-0.1, -0.05) is 25.5 Å². The summed E-state index contributed by atoms with van der Waals surface area (Å²) in [5.74, 6) is -0.302. The van der Waals surface area contributed by atoms with E-state index in [0.29, 0.717) is 18.7 Å². The fourth-order valence-corrected chi connectivity index (χ4v) is 1.85. The molecule has 1 atom stereocenters. The van der Waals surface area contributed by atoms with Crippen LogP contribution in [0.4, 0.5) is 4.39 Å². The maximum absolute atomic E-state index is 12.8. The maximum atomic E-state index is 12.8. The summed E-state index contributed by atoms with van der Waals surface area (Å²) in [6.45, 7) is 4.06. The molecular weight excluding hydrogens is 233 g/mol. The molecule has 2 N–H and O–H groups in total. The number of benzene rings is 1. The summed E-state index contributed by atoms with van der Waals surface area (Å²) in [4.78, 5) is 2.03. The van der Waals surface area contributed by atoms with Gasteiger partial charge < -0.3 is 10.2 Å². The molecule has 1 rings (SSSR count). The van der Waals surface area contributed by atoms with Crippen LogP contribution in [0.15, 0.2) is 24.3 Å². The minimum absolute atomic E-state index is 0.0832. The number of halogens is 1. The number of unbranched alkanes of at least 4 members (excludes halogenated alkanes) is 1. The highest BCUT2D eigenvalue weighted by Crippen LogP contribution is 2.15. The Morgan fingerprint density at radius 1 is 1.22 bits per heavy atom. The van der Waals surface area contributed by atoms with Crippen LogP contribution in [0.2, 0.25) is 0 Å². The minimum atomic E-state index is -0.644. The number of aliphatic hydroxyl groups excluding tert-OH is 2. The van der Waals surface area contributed by atoms with Gasteiger partial charge in [-0.15, -0.1) is 0 Å². The predicted octanol–water partition coefficient (Wildman–Crippen LogP) is 1.95. The normalized spacial score (nSPS) is 12.9. The quantitative estimate of drug-likeness (QED) is 0.746. The van der Waals surface area contributed by atoms with Crippen LogP contribution in [-0.4, -0.2) is 41.4 Å². The van der Waals surface area contributed by atoms with Crippen molar-refractivity contribution in [3.05, 3.63) is 35.6 Å². The lowest BCUT2D eigenvalue weighted by molar-refractivity contribution is 0.0989. The Labute approximate surface area is 108 Å². The van der Waals surface area contributed by atoms with Gasteiger partial charge >= 0.3 is 0 Å². The van der Waals surface area contributed by atoms with Crippen molar-refractivity contribution in [3.8, 4) is 0 Å². The monoisotopic (exact) mass is 255 g/mol. The largest absolute Gasteiger partial charge is 0.395 e. The summed E-state index contributed by atoms with van der Waals surface area (Å²) < 4.78 is 12.8. The van der Waals surface area contributed by atoms with E-state index in [9.17, 15) is 9.50 Å². The Kier molecular flexibility index (Phi) is 6.86. The van der Waals surface area contributed by atoms with E-state index in [1.54, 1.807) is 12.1 Å². The Hall–Kier alpha value is -0.970. The molecule has 18 heavy (non-hydrogen) atoms. The third-order valence-corrected chi connectivity index (χ3v) is 2.93. The first-order chi connectivity index (χ1) is 8.67. The molecule has 3 nitrogen and oxygen atoms in total. The summed E-state index contributed by atoms with van der Waals surface area (Å²) in [5, 5.41) is 19.0. The number of nitrogens with zero attached hydrogens (tertiary/aromatic N) is 1. The third kappa shape index (κ3) is 5.12. The zero-order valence-corrected chi connectivity index (χ0v) is 10.8. The lowest BCUT2D eigenvalue weighted by Crippen LogP contribution is -2.32. The van der Waals surface area contributed by atoms with Crippen molar-refractivity contribution >= 4 is 0 Å². The Balaban J connectivity index is 2.53. The average molecular weight is 255 g/mol. The molecule has 1 aromatic carbocycles. The first-order valence-corrected chi connectivity index (χ1v) is 6.44. The molecule has 0 heterocycles. The van der Waals surface area contributed by atoms with Crippen LogP contribution in [0, 0.1) is 5.82 Å². The first-order valence-electron chi connectivity index (χ1n) is 6.44. The number of hydrogen-bond donors (Lipinski definition) is 2. The molecular formula is C14H22FNO2. The van der Waals surface area contributed by atoms with E-state index < -0.39 is 6.10 Å². The summed E-state index contributed by atoms with van der Waals surface area (Å²) in [6, 6.07) is 5.88. The number of rotatable bonds is 8. The molecule has 0 aromatic heterocycles. The van der Waals surface area contributed by atoms with Crippen molar-refractivity contribution in [2.45, 2.75) is 25.9 Å². The van der Waals surface area contributed by atoms with Crippen molar-refractivity contribution in [1.29, 1.82) is 0 Å². The van der Waals surface area contributed by atoms with Crippen molar-refractivity contribution in [1.82, 2.24) is 4.90 Å². The summed E-state index contributed by atoms with van der Waals surface area (Å²) in [5.41, 5.74) is 0.704. The van der Waals surface area contributed by atoms with Gasteiger partial charge in [0.1, 0.15) is 5.82 Å². The van der Waals surface area contributed by atoms with Crippen molar-refractivity contribution in [2.75, 3.05) is 26.2 Å². The fraction of sp³-hybridized carbons (Fsp3) is 0.571. The summed E-state index contributed by atoms with van der Waals surface area (Å²) in [6.07, 6.45) is 1.47. The zero-order valence-electron chi connectivity index (χ0n) is 10.8. The molecule has 102 valence electrons. The van der Waals surface area contributed by atoms with Gasteiger partial charge in [0.05, 0.1) is 12.7 Å². The molecule has 0 amide bonds. The molecule has 1 aromatic rings. The van der Waals surface area contributed by atoms with Crippen LogP contribution < -0.4 is 0 Å². The molecule has 4 heteroatoms. The molecule has 0 unspecified atom stereocenters. The Bertz CT molecular complexity index is 329. The molecule has 0 bridgehead atoms. The summed E-state index contributed by atoms with van der Waals surface area (Å²) >= 11 is 0. The molecule has 0 aliphatic heterocycles. The van der Waals surface area contributed by atoms with E-state index in [2.05, 4.69) is 6.92 Å². The second-order valence-electron chi connectivity index (χ2n) is 4.45. The standard InChI is InChI=1S/C14H22FNO2/c1-2-3-8-16(9-10-17)11-14(18)12-4-6-13(15)7-5-12/h4-7,14,17-18H,2-3,8-11H2,1H3/t14-/m1/s1. The Morgan fingerprint density at radius 2 is 1.89 bits per heavy atom. The van der Waals surface area contributed by atoms with Crippen LogP contribution in [0.5, 0.6) is 0 Å². The number of hydrogen-bond acceptors (Lipinski definition) is 3. The van der Waals surface area contributed by atoms with Gasteiger partial charge in [-0.3, -0.25) is 4.90 Å². The molecule has 0 aliphatic rings. The molecule has 0 saturated carbocycles. The van der Waals surface area contributed by atoms with Crippen LogP contribution >= 0.6 is 0 Å². The van der Waals surface area contributed by atoms with Crippen LogP contribution in [0.1, 0.15) is 31.4 Å². The highest BCUT2D eigenvalue weighted by molar-refractivity contribution is 5.18. The highest BCUT2D eigenvalue weighted by Gasteiger charge is 2.12. The van der Waals surface area contributed by atoms with Crippen LogP contribution in [0.3, 0.4) is 0 Å². The van der Waals surface area contributed by atoms with Crippen LogP contribution in [-0.2, 0) is 0 Å². The van der Waals surface area contributed by atoms with Crippen molar-refractivity contribution in [3.63, 3.8) is 0 Å². The van der Waals surface area contributed by atoms with Gasteiger partial charge in [-0.2, -0.15) is 0 Å². The third-order valence-electron chi connectivity index (χ3n) is 2.93. The molecule has 0 saturated heterocycles. The van der Waals surface area contributed by atoms with E-state index in [1.807, 2.05) is 4.90 Å². The average Bonchev–Trinajstić information content (AvgIpc) is 2.37. The first kappa shape index (κ1) is 15.1. The van der Waals surface area contributed by atoms with Gasteiger partial charge in [0.25, 0.3) is 0 Å². The van der Waals surface area contributed by atoms with Crippen molar-refractivity contribution in [2.24, 2.45) is 0 Å². The van der Waals surface area contributed by atoms with Crippen molar-refractivity contribution < 1.29 is 14.6 Å². The SMILES string of the molecule is CCCCN(CCO)C[C@@H](O)c1ccc(F)cc1. The zero-order chi connectivity index (χ0) is 13.4. The predicted molar refractivity (Wildman–Crippen MR) is 69.8 cm³/mol. The van der Waals surface area contributed by atoms with Gasteiger partial charge in [-0.25, -0.2) is 4.39 Å². The topological polar surface area (TPSA) is 43.7 Å². The molecule has 0 spiro atoms. The number of aliphatic hydroxyl groups is 2. The Morgan fingerprint density at radius 3 is 2.44 bits per heavy atom. The second kappa shape index (κ2) is 8.19. The van der Waals surface area contributed by atoms with E-state index in [1.165, 1.54) is 12.1 Å². The minimum Gasteiger partial charge on any atom is -0.395 e.